The Morgan fingerprint density at radius 2 is 1.82 bits per heavy atom. The van der Waals surface area contributed by atoms with Gasteiger partial charge in [0.15, 0.2) is 0 Å². The van der Waals surface area contributed by atoms with Gasteiger partial charge in [-0.05, 0) is 56.8 Å². The molecule has 1 N–H and O–H groups in total. The molecule has 1 aromatic carbocycles. The van der Waals surface area contributed by atoms with Crippen molar-refractivity contribution in [2.75, 3.05) is 19.6 Å². The van der Waals surface area contributed by atoms with Crippen LogP contribution < -0.4 is 5.32 Å². The molecular weight excluding hydrogens is 296 g/mol. The number of piperidine rings is 1. The first kappa shape index (κ1) is 15.8. The lowest BCUT2D eigenvalue weighted by molar-refractivity contribution is 0.0925. The van der Waals surface area contributed by atoms with E-state index < -0.39 is 0 Å². The predicted molar refractivity (Wildman–Crippen MR) is 90.3 cm³/mol. The van der Waals surface area contributed by atoms with Crippen LogP contribution in [0.5, 0.6) is 0 Å². The van der Waals surface area contributed by atoms with Crippen LogP contribution >= 0.6 is 11.6 Å². The molecule has 0 spiro atoms. The third-order valence-corrected chi connectivity index (χ3v) is 5.49. The van der Waals surface area contributed by atoms with Gasteiger partial charge in [-0.2, -0.15) is 0 Å². The number of benzene rings is 1. The van der Waals surface area contributed by atoms with Crippen LogP contribution in [-0.4, -0.2) is 36.5 Å². The molecule has 2 aliphatic rings. The van der Waals surface area contributed by atoms with Crippen molar-refractivity contribution in [3.8, 4) is 0 Å². The monoisotopic (exact) mass is 320 g/mol. The van der Waals surface area contributed by atoms with Crippen LogP contribution in [0, 0.1) is 5.92 Å². The Hall–Kier alpha value is -1.06. The molecule has 1 aliphatic carbocycles. The van der Waals surface area contributed by atoms with Crippen LogP contribution in [0.25, 0.3) is 0 Å². The Balaban J connectivity index is 1.43. The van der Waals surface area contributed by atoms with Crippen molar-refractivity contribution in [2.24, 2.45) is 5.92 Å². The Labute approximate surface area is 138 Å². The van der Waals surface area contributed by atoms with Crippen molar-refractivity contribution >= 4 is 17.5 Å². The van der Waals surface area contributed by atoms with Crippen LogP contribution in [0.15, 0.2) is 24.3 Å². The van der Waals surface area contributed by atoms with Gasteiger partial charge in [0.05, 0.1) is 10.6 Å². The SMILES string of the molecule is O=C(NCC1CCN(C2CCCC2)CC1)c1ccccc1Cl. The number of likely N-dealkylation sites (tertiary alicyclic amines) is 1. The summed E-state index contributed by atoms with van der Waals surface area (Å²) in [5.41, 5.74) is 0.576. The fourth-order valence-corrected chi connectivity index (χ4v) is 3.99. The minimum Gasteiger partial charge on any atom is -0.352 e. The number of carbonyl (C=O) groups excluding carboxylic acids is 1. The minimum atomic E-state index is -0.0520. The fraction of sp³-hybridized carbons (Fsp3) is 0.611. The third-order valence-electron chi connectivity index (χ3n) is 5.16. The number of carbonyl (C=O) groups is 1. The molecule has 120 valence electrons. The van der Waals surface area contributed by atoms with E-state index in [1.807, 2.05) is 12.1 Å². The molecule has 0 atom stereocenters. The average Bonchev–Trinajstić information content (AvgIpc) is 3.08. The molecule has 1 aromatic rings. The third kappa shape index (κ3) is 3.82. The highest BCUT2D eigenvalue weighted by Gasteiger charge is 2.27. The first-order valence-electron chi connectivity index (χ1n) is 8.51. The van der Waals surface area contributed by atoms with E-state index in [1.54, 1.807) is 12.1 Å². The first-order chi connectivity index (χ1) is 10.7. The molecule has 0 radical (unpaired) electrons. The molecule has 3 nitrogen and oxygen atoms in total. The molecule has 0 unspecified atom stereocenters. The Bertz CT molecular complexity index is 506. The number of nitrogens with one attached hydrogen (secondary N) is 1. The van der Waals surface area contributed by atoms with Crippen LogP contribution in [0.2, 0.25) is 5.02 Å². The highest BCUT2D eigenvalue weighted by Crippen LogP contribution is 2.27. The molecule has 22 heavy (non-hydrogen) atoms. The fourth-order valence-electron chi connectivity index (χ4n) is 3.77. The molecular formula is C18H25ClN2O. The summed E-state index contributed by atoms with van der Waals surface area (Å²) in [6.45, 7) is 3.15. The van der Waals surface area contributed by atoms with E-state index in [0.717, 1.165) is 12.6 Å². The van der Waals surface area contributed by atoms with Gasteiger partial charge < -0.3 is 10.2 Å². The van der Waals surface area contributed by atoms with Crippen molar-refractivity contribution in [1.29, 1.82) is 0 Å². The van der Waals surface area contributed by atoms with Gasteiger partial charge in [0.25, 0.3) is 5.91 Å². The van der Waals surface area contributed by atoms with E-state index in [2.05, 4.69) is 10.2 Å². The number of rotatable bonds is 4. The molecule has 1 heterocycles. The molecule has 1 amide bonds. The summed E-state index contributed by atoms with van der Waals surface area (Å²) in [6, 6.07) is 8.06. The van der Waals surface area contributed by atoms with Gasteiger partial charge >= 0.3 is 0 Å². The molecule has 1 aliphatic heterocycles. The average molecular weight is 321 g/mol. The molecule has 0 bridgehead atoms. The first-order valence-corrected chi connectivity index (χ1v) is 8.88. The van der Waals surface area contributed by atoms with Crippen LogP contribution in [0.3, 0.4) is 0 Å². The van der Waals surface area contributed by atoms with Crippen LogP contribution in [0.4, 0.5) is 0 Å². The summed E-state index contributed by atoms with van der Waals surface area (Å²) in [4.78, 5) is 14.8. The van der Waals surface area contributed by atoms with Crippen molar-refractivity contribution in [3.05, 3.63) is 34.9 Å². The minimum absolute atomic E-state index is 0.0520. The quantitative estimate of drug-likeness (QED) is 0.917. The van der Waals surface area contributed by atoms with E-state index in [0.29, 0.717) is 16.5 Å². The highest BCUT2D eigenvalue weighted by atomic mass is 35.5. The van der Waals surface area contributed by atoms with Gasteiger partial charge in [-0.15, -0.1) is 0 Å². The van der Waals surface area contributed by atoms with Gasteiger partial charge in [-0.1, -0.05) is 36.6 Å². The lowest BCUT2D eigenvalue weighted by Crippen LogP contribution is -2.42. The lowest BCUT2D eigenvalue weighted by Gasteiger charge is -2.36. The Morgan fingerprint density at radius 1 is 1.14 bits per heavy atom. The second-order valence-corrected chi connectivity index (χ2v) is 7.01. The second kappa shape index (κ2) is 7.47. The van der Waals surface area contributed by atoms with Gasteiger partial charge in [-0.25, -0.2) is 0 Å². The van der Waals surface area contributed by atoms with Crippen molar-refractivity contribution in [2.45, 2.75) is 44.6 Å². The summed E-state index contributed by atoms with van der Waals surface area (Å²) in [5.74, 6) is 0.549. The molecule has 3 rings (SSSR count). The van der Waals surface area contributed by atoms with Gasteiger partial charge in [0.1, 0.15) is 0 Å². The van der Waals surface area contributed by atoms with Gasteiger partial charge in [0, 0.05) is 12.6 Å². The summed E-state index contributed by atoms with van der Waals surface area (Å²) < 4.78 is 0. The molecule has 4 heteroatoms. The molecule has 1 saturated carbocycles. The molecule has 0 aromatic heterocycles. The topological polar surface area (TPSA) is 32.3 Å². The smallest absolute Gasteiger partial charge is 0.252 e. The Kier molecular flexibility index (Phi) is 5.37. The zero-order valence-electron chi connectivity index (χ0n) is 13.1. The van der Waals surface area contributed by atoms with Gasteiger partial charge in [-0.3, -0.25) is 4.79 Å². The standard InChI is InChI=1S/C18H25ClN2O/c19-17-8-4-3-7-16(17)18(22)20-13-14-9-11-21(12-10-14)15-5-1-2-6-15/h3-4,7-8,14-15H,1-2,5-6,9-13H2,(H,20,22). The van der Waals surface area contributed by atoms with Crippen molar-refractivity contribution < 1.29 is 4.79 Å². The van der Waals surface area contributed by atoms with Crippen molar-refractivity contribution in [3.63, 3.8) is 0 Å². The summed E-state index contributed by atoms with van der Waals surface area (Å²) in [7, 11) is 0. The predicted octanol–water partition coefficient (Wildman–Crippen LogP) is 3.72. The number of hydrogen-bond acceptors (Lipinski definition) is 2. The lowest BCUT2D eigenvalue weighted by atomic mass is 9.95. The number of hydrogen-bond donors (Lipinski definition) is 1. The van der Waals surface area contributed by atoms with Crippen LogP contribution in [0.1, 0.15) is 48.9 Å². The van der Waals surface area contributed by atoms with E-state index in [9.17, 15) is 4.79 Å². The molecule has 2 fully saturated rings. The highest BCUT2D eigenvalue weighted by molar-refractivity contribution is 6.33. The normalized spacial score (nSPS) is 21.1. The largest absolute Gasteiger partial charge is 0.352 e. The number of halogens is 1. The Morgan fingerprint density at radius 3 is 2.50 bits per heavy atom. The van der Waals surface area contributed by atoms with E-state index in [1.165, 1.54) is 51.6 Å². The summed E-state index contributed by atoms with van der Waals surface area (Å²) in [5, 5.41) is 3.58. The maximum absolute atomic E-state index is 12.2. The zero-order valence-corrected chi connectivity index (χ0v) is 13.8. The summed E-state index contributed by atoms with van der Waals surface area (Å²) >= 11 is 6.06. The van der Waals surface area contributed by atoms with Crippen molar-refractivity contribution in [1.82, 2.24) is 10.2 Å². The zero-order chi connectivity index (χ0) is 15.4. The maximum atomic E-state index is 12.2. The molecule has 1 saturated heterocycles. The summed E-state index contributed by atoms with van der Waals surface area (Å²) in [6.07, 6.45) is 7.96. The van der Waals surface area contributed by atoms with E-state index in [-0.39, 0.29) is 5.91 Å². The van der Waals surface area contributed by atoms with E-state index >= 15 is 0 Å². The van der Waals surface area contributed by atoms with E-state index in [4.69, 9.17) is 11.6 Å². The van der Waals surface area contributed by atoms with Gasteiger partial charge in [0.2, 0.25) is 0 Å². The maximum Gasteiger partial charge on any atom is 0.252 e. The number of nitrogens with zero attached hydrogens (tertiary/aromatic N) is 1. The second-order valence-electron chi connectivity index (χ2n) is 6.61. The number of amides is 1. The van der Waals surface area contributed by atoms with Crippen LogP contribution in [-0.2, 0) is 0 Å².